The van der Waals surface area contributed by atoms with Gasteiger partial charge in [0.15, 0.2) is 0 Å². The quantitative estimate of drug-likeness (QED) is 0.773. The fourth-order valence-electron chi connectivity index (χ4n) is 1.69. The molecule has 1 rings (SSSR count). The lowest BCUT2D eigenvalue weighted by Crippen LogP contribution is -2.12. The summed E-state index contributed by atoms with van der Waals surface area (Å²) in [5.41, 5.74) is 1.36. The van der Waals surface area contributed by atoms with E-state index in [1.165, 1.54) is 12.0 Å². The average molecular weight is 207 g/mol. The summed E-state index contributed by atoms with van der Waals surface area (Å²) < 4.78 is 5.21. The Morgan fingerprint density at radius 1 is 1.40 bits per heavy atom. The van der Waals surface area contributed by atoms with E-state index in [9.17, 15) is 0 Å². The first-order chi connectivity index (χ1) is 7.26. The van der Waals surface area contributed by atoms with Gasteiger partial charge in [-0.2, -0.15) is 0 Å². The Kier molecular flexibility index (Phi) is 5.19. The minimum Gasteiger partial charge on any atom is -0.497 e. The first-order valence-corrected chi connectivity index (χ1v) is 5.53. The maximum Gasteiger partial charge on any atom is 0.119 e. The molecule has 0 aliphatic heterocycles. The third-order valence-electron chi connectivity index (χ3n) is 2.61. The number of rotatable bonds is 6. The van der Waals surface area contributed by atoms with E-state index in [1.54, 1.807) is 7.11 Å². The molecule has 0 amide bonds. The van der Waals surface area contributed by atoms with Crippen molar-refractivity contribution in [1.82, 2.24) is 5.32 Å². The minimum absolute atomic E-state index is 0.713. The smallest absolute Gasteiger partial charge is 0.119 e. The number of methoxy groups -OCH3 is 1. The van der Waals surface area contributed by atoms with E-state index in [2.05, 4.69) is 30.4 Å². The summed E-state index contributed by atoms with van der Waals surface area (Å²) >= 11 is 0. The highest BCUT2D eigenvalue weighted by atomic mass is 16.5. The van der Waals surface area contributed by atoms with Gasteiger partial charge in [-0.05, 0) is 50.0 Å². The molecular formula is C13H21NO. The minimum atomic E-state index is 0.713. The number of nitrogens with one attached hydrogen (secondary N) is 1. The van der Waals surface area contributed by atoms with Gasteiger partial charge in [0.2, 0.25) is 0 Å². The van der Waals surface area contributed by atoms with Crippen LogP contribution in [0, 0.1) is 5.92 Å². The van der Waals surface area contributed by atoms with Crippen molar-refractivity contribution in [2.24, 2.45) is 5.92 Å². The van der Waals surface area contributed by atoms with Crippen molar-refractivity contribution in [3.63, 3.8) is 0 Å². The van der Waals surface area contributed by atoms with Crippen LogP contribution < -0.4 is 10.1 Å². The SMILES string of the molecule is CNCCC(C)Cc1cccc(OC)c1. The van der Waals surface area contributed by atoms with Crippen LogP contribution >= 0.6 is 0 Å². The zero-order valence-electron chi connectivity index (χ0n) is 9.92. The molecule has 84 valence electrons. The van der Waals surface area contributed by atoms with Crippen LogP contribution in [0.4, 0.5) is 0 Å². The van der Waals surface area contributed by atoms with Crippen LogP contribution in [0.15, 0.2) is 24.3 Å². The van der Waals surface area contributed by atoms with E-state index in [-0.39, 0.29) is 0 Å². The van der Waals surface area contributed by atoms with Gasteiger partial charge in [0.05, 0.1) is 7.11 Å². The zero-order chi connectivity index (χ0) is 11.1. The topological polar surface area (TPSA) is 21.3 Å². The maximum atomic E-state index is 5.21. The lowest BCUT2D eigenvalue weighted by Gasteiger charge is -2.11. The molecule has 15 heavy (non-hydrogen) atoms. The first kappa shape index (κ1) is 12.1. The van der Waals surface area contributed by atoms with Crippen LogP contribution in [0.1, 0.15) is 18.9 Å². The fraction of sp³-hybridized carbons (Fsp3) is 0.538. The summed E-state index contributed by atoms with van der Waals surface area (Å²) in [6, 6.07) is 8.33. The third-order valence-corrected chi connectivity index (χ3v) is 2.61. The van der Waals surface area contributed by atoms with E-state index >= 15 is 0 Å². The van der Waals surface area contributed by atoms with Crippen molar-refractivity contribution in [2.75, 3.05) is 20.7 Å². The molecule has 0 fully saturated rings. The van der Waals surface area contributed by atoms with Crippen molar-refractivity contribution in [1.29, 1.82) is 0 Å². The van der Waals surface area contributed by atoms with Gasteiger partial charge in [0.25, 0.3) is 0 Å². The molecule has 1 aromatic rings. The van der Waals surface area contributed by atoms with Crippen LogP contribution in [-0.2, 0) is 6.42 Å². The zero-order valence-corrected chi connectivity index (χ0v) is 9.92. The fourth-order valence-corrected chi connectivity index (χ4v) is 1.69. The highest BCUT2D eigenvalue weighted by Crippen LogP contribution is 2.17. The molecule has 0 radical (unpaired) electrons. The Labute approximate surface area is 92.6 Å². The number of ether oxygens (including phenoxy) is 1. The van der Waals surface area contributed by atoms with E-state index in [0.29, 0.717) is 5.92 Å². The average Bonchev–Trinajstić information content (AvgIpc) is 2.26. The van der Waals surface area contributed by atoms with Crippen molar-refractivity contribution in [3.8, 4) is 5.75 Å². The molecular weight excluding hydrogens is 186 g/mol. The van der Waals surface area contributed by atoms with Crippen LogP contribution in [0.2, 0.25) is 0 Å². The maximum absolute atomic E-state index is 5.21. The van der Waals surface area contributed by atoms with Gasteiger partial charge >= 0.3 is 0 Å². The second-order valence-corrected chi connectivity index (χ2v) is 4.05. The van der Waals surface area contributed by atoms with Crippen LogP contribution in [0.3, 0.4) is 0 Å². The van der Waals surface area contributed by atoms with Crippen molar-refractivity contribution in [2.45, 2.75) is 19.8 Å². The van der Waals surface area contributed by atoms with E-state index < -0.39 is 0 Å². The number of benzene rings is 1. The normalized spacial score (nSPS) is 12.5. The second kappa shape index (κ2) is 6.46. The molecule has 0 aliphatic carbocycles. The molecule has 0 saturated heterocycles. The Hall–Kier alpha value is -1.02. The van der Waals surface area contributed by atoms with Crippen molar-refractivity contribution in [3.05, 3.63) is 29.8 Å². The molecule has 0 heterocycles. The van der Waals surface area contributed by atoms with Crippen LogP contribution in [0.25, 0.3) is 0 Å². The van der Waals surface area contributed by atoms with Gasteiger partial charge in [0, 0.05) is 0 Å². The van der Waals surface area contributed by atoms with Gasteiger partial charge in [-0.25, -0.2) is 0 Å². The van der Waals surface area contributed by atoms with Crippen molar-refractivity contribution >= 4 is 0 Å². The summed E-state index contributed by atoms with van der Waals surface area (Å²) in [6.45, 7) is 3.38. The lowest BCUT2D eigenvalue weighted by molar-refractivity contribution is 0.413. The summed E-state index contributed by atoms with van der Waals surface area (Å²) in [7, 11) is 3.71. The van der Waals surface area contributed by atoms with Gasteiger partial charge in [-0.15, -0.1) is 0 Å². The second-order valence-electron chi connectivity index (χ2n) is 4.05. The van der Waals surface area contributed by atoms with E-state index in [4.69, 9.17) is 4.74 Å². The predicted octanol–water partition coefficient (Wildman–Crippen LogP) is 2.48. The molecule has 0 aliphatic rings. The van der Waals surface area contributed by atoms with Crippen molar-refractivity contribution < 1.29 is 4.74 Å². The highest BCUT2D eigenvalue weighted by Gasteiger charge is 2.03. The molecule has 0 saturated carbocycles. The summed E-state index contributed by atoms with van der Waals surface area (Å²) in [5.74, 6) is 1.66. The van der Waals surface area contributed by atoms with Gasteiger partial charge < -0.3 is 10.1 Å². The Morgan fingerprint density at radius 2 is 2.20 bits per heavy atom. The van der Waals surface area contributed by atoms with Crippen LogP contribution in [0.5, 0.6) is 5.75 Å². The summed E-state index contributed by atoms with van der Waals surface area (Å²) in [6.07, 6.45) is 2.34. The van der Waals surface area contributed by atoms with E-state index in [1.807, 2.05) is 13.1 Å². The Balaban J connectivity index is 2.48. The highest BCUT2D eigenvalue weighted by molar-refractivity contribution is 5.28. The third kappa shape index (κ3) is 4.34. The molecule has 0 aromatic heterocycles. The number of hydrogen-bond donors (Lipinski definition) is 1. The summed E-state index contributed by atoms with van der Waals surface area (Å²) in [4.78, 5) is 0. The monoisotopic (exact) mass is 207 g/mol. The predicted molar refractivity (Wildman–Crippen MR) is 64.4 cm³/mol. The number of hydrogen-bond acceptors (Lipinski definition) is 2. The van der Waals surface area contributed by atoms with E-state index in [0.717, 1.165) is 18.7 Å². The lowest BCUT2D eigenvalue weighted by atomic mass is 9.98. The Bertz CT molecular complexity index is 286. The molecule has 0 spiro atoms. The van der Waals surface area contributed by atoms with Gasteiger partial charge in [0.1, 0.15) is 5.75 Å². The molecule has 1 N–H and O–H groups in total. The standard InChI is InChI=1S/C13H21NO/c1-11(7-8-14-2)9-12-5-4-6-13(10-12)15-3/h4-6,10-11,14H,7-9H2,1-3H3. The molecule has 0 bridgehead atoms. The molecule has 1 atom stereocenters. The molecule has 2 nitrogen and oxygen atoms in total. The molecule has 1 unspecified atom stereocenters. The Morgan fingerprint density at radius 3 is 2.87 bits per heavy atom. The van der Waals surface area contributed by atoms with Gasteiger partial charge in [-0.1, -0.05) is 19.1 Å². The summed E-state index contributed by atoms with van der Waals surface area (Å²) in [5, 5.41) is 3.18. The first-order valence-electron chi connectivity index (χ1n) is 5.53. The molecule has 1 aromatic carbocycles. The molecule has 2 heteroatoms. The van der Waals surface area contributed by atoms with Crippen LogP contribution in [-0.4, -0.2) is 20.7 Å². The van der Waals surface area contributed by atoms with Gasteiger partial charge in [-0.3, -0.25) is 0 Å². The largest absolute Gasteiger partial charge is 0.497 e.